The summed E-state index contributed by atoms with van der Waals surface area (Å²) in [6.45, 7) is 0. The zero-order chi connectivity index (χ0) is 11.1. The fourth-order valence-electron chi connectivity index (χ4n) is 2.11. The predicted octanol–water partition coefficient (Wildman–Crippen LogP) is 2.55. The average Bonchev–Trinajstić information content (AvgIpc) is 2.29. The molecule has 0 saturated heterocycles. The Hall–Kier alpha value is -0.740. The predicted molar refractivity (Wildman–Crippen MR) is 67.4 cm³/mol. The molecule has 0 spiro atoms. The largest absolute Gasteiger partial charge is 0.293 e. The number of benzene rings is 1. The molecule has 0 fully saturated rings. The lowest BCUT2D eigenvalue weighted by Crippen LogP contribution is -2.18. The Balaban J connectivity index is 2.17. The van der Waals surface area contributed by atoms with Gasteiger partial charge in [-0.25, -0.2) is 0 Å². The van der Waals surface area contributed by atoms with Gasteiger partial charge < -0.3 is 0 Å². The molecule has 16 heavy (non-hydrogen) atoms. The molecule has 0 unspecified atom stereocenters. The summed E-state index contributed by atoms with van der Waals surface area (Å²) in [4.78, 5) is 23.5. The summed E-state index contributed by atoms with van der Waals surface area (Å²) in [5.74, 6) is 3.28. The van der Waals surface area contributed by atoms with E-state index in [1.54, 1.807) is 23.5 Å². The van der Waals surface area contributed by atoms with E-state index in [-0.39, 0.29) is 11.6 Å². The van der Waals surface area contributed by atoms with Gasteiger partial charge in [0, 0.05) is 22.6 Å². The van der Waals surface area contributed by atoms with Crippen LogP contribution in [0.25, 0.3) is 0 Å². The van der Waals surface area contributed by atoms with Crippen molar-refractivity contribution >= 4 is 35.1 Å². The SMILES string of the molecule is O=C1CSCc2cc3c(cc21)CSCC3=O. The summed E-state index contributed by atoms with van der Waals surface area (Å²) in [5.41, 5.74) is 3.76. The Bertz CT molecular complexity index is 448. The summed E-state index contributed by atoms with van der Waals surface area (Å²) in [6.07, 6.45) is 0. The van der Waals surface area contributed by atoms with Crippen LogP contribution in [0.15, 0.2) is 12.1 Å². The molecule has 3 rings (SSSR count). The van der Waals surface area contributed by atoms with Crippen LogP contribution in [-0.4, -0.2) is 23.1 Å². The van der Waals surface area contributed by atoms with Gasteiger partial charge in [0.25, 0.3) is 0 Å². The molecule has 0 radical (unpaired) electrons. The number of carbonyl (C=O) groups excluding carboxylic acids is 2. The lowest BCUT2D eigenvalue weighted by molar-refractivity contribution is 0.100. The van der Waals surface area contributed by atoms with Crippen LogP contribution in [0.3, 0.4) is 0 Å². The molecule has 4 heteroatoms. The molecule has 1 aromatic carbocycles. The van der Waals surface area contributed by atoms with E-state index in [9.17, 15) is 9.59 Å². The molecule has 0 bridgehead atoms. The minimum atomic E-state index is 0.206. The summed E-state index contributed by atoms with van der Waals surface area (Å²) in [7, 11) is 0. The topological polar surface area (TPSA) is 34.1 Å². The van der Waals surface area contributed by atoms with E-state index < -0.39 is 0 Å². The summed E-state index contributed by atoms with van der Waals surface area (Å²) < 4.78 is 0. The fourth-order valence-corrected chi connectivity index (χ4v) is 3.91. The van der Waals surface area contributed by atoms with Crippen molar-refractivity contribution in [2.75, 3.05) is 11.5 Å². The molecule has 0 N–H and O–H groups in total. The van der Waals surface area contributed by atoms with E-state index in [1.165, 1.54) is 0 Å². The van der Waals surface area contributed by atoms with Crippen LogP contribution >= 0.6 is 23.5 Å². The lowest BCUT2D eigenvalue weighted by Gasteiger charge is -2.20. The Labute approximate surface area is 102 Å². The molecule has 0 atom stereocenters. The maximum atomic E-state index is 11.7. The fraction of sp³-hybridized carbons (Fsp3) is 0.333. The van der Waals surface area contributed by atoms with Crippen molar-refractivity contribution in [3.05, 3.63) is 34.4 Å². The second kappa shape index (κ2) is 3.93. The standard InChI is InChI=1S/C12H10O2S2/c13-11-5-16-4-8-2-10-7(1-9(8)11)3-15-6-12(10)14/h1-2H,3-6H2. The maximum Gasteiger partial charge on any atom is 0.173 e. The number of hydrogen-bond acceptors (Lipinski definition) is 4. The minimum Gasteiger partial charge on any atom is -0.293 e. The molecule has 2 heterocycles. The van der Waals surface area contributed by atoms with Crippen LogP contribution in [0.1, 0.15) is 31.8 Å². The highest BCUT2D eigenvalue weighted by atomic mass is 32.2. The van der Waals surface area contributed by atoms with Crippen LogP contribution in [0, 0.1) is 0 Å². The van der Waals surface area contributed by atoms with Crippen molar-refractivity contribution in [2.45, 2.75) is 11.5 Å². The van der Waals surface area contributed by atoms with Gasteiger partial charge in [-0.3, -0.25) is 9.59 Å². The number of rotatable bonds is 0. The zero-order valence-corrected chi connectivity index (χ0v) is 10.2. The number of fused-ring (bicyclic) bond motifs is 2. The van der Waals surface area contributed by atoms with Crippen molar-refractivity contribution in [3.63, 3.8) is 0 Å². The average molecular weight is 250 g/mol. The van der Waals surface area contributed by atoms with Gasteiger partial charge in [0.15, 0.2) is 11.6 Å². The highest BCUT2D eigenvalue weighted by molar-refractivity contribution is 7.99. The molecule has 0 saturated carbocycles. The van der Waals surface area contributed by atoms with E-state index in [0.717, 1.165) is 33.8 Å². The van der Waals surface area contributed by atoms with E-state index in [2.05, 4.69) is 0 Å². The molecule has 0 aromatic heterocycles. The van der Waals surface area contributed by atoms with Crippen LogP contribution in [-0.2, 0) is 11.5 Å². The van der Waals surface area contributed by atoms with Gasteiger partial charge in [-0.15, -0.1) is 23.5 Å². The van der Waals surface area contributed by atoms with Gasteiger partial charge in [-0.1, -0.05) is 0 Å². The van der Waals surface area contributed by atoms with Gasteiger partial charge in [0.2, 0.25) is 0 Å². The third-order valence-electron chi connectivity index (χ3n) is 2.91. The van der Waals surface area contributed by atoms with Crippen molar-refractivity contribution in [1.82, 2.24) is 0 Å². The van der Waals surface area contributed by atoms with Gasteiger partial charge in [-0.05, 0) is 23.3 Å². The Kier molecular flexibility index (Phi) is 2.56. The van der Waals surface area contributed by atoms with Crippen LogP contribution in [0.4, 0.5) is 0 Å². The molecule has 2 aliphatic rings. The molecular formula is C12H10O2S2. The molecule has 0 aliphatic carbocycles. The third kappa shape index (κ3) is 1.60. The van der Waals surface area contributed by atoms with Gasteiger partial charge >= 0.3 is 0 Å². The molecule has 2 nitrogen and oxygen atoms in total. The van der Waals surface area contributed by atoms with Crippen molar-refractivity contribution in [3.8, 4) is 0 Å². The third-order valence-corrected chi connectivity index (χ3v) is 4.87. The second-order valence-corrected chi connectivity index (χ2v) is 5.97. The number of ketones is 2. The first-order chi connectivity index (χ1) is 7.75. The summed E-state index contributed by atoms with van der Waals surface area (Å²) in [6, 6.07) is 3.88. The van der Waals surface area contributed by atoms with Crippen LogP contribution < -0.4 is 0 Å². The van der Waals surface area contributed by atoms with Crippen LogP contribution in [0.5, 0.6) is 0 Å². The Morgan fingerprint density at radius 3 is 1.62 bits per heavy atom. The molecule has 1 aromatic rings. The van der Waals surface area contributed by atoms with Gasteiger partial charge in [-0.2, -0.15) is 0 Å². The summed E-state index contributed by atoms with van der Waals surface area (Å²) >= 11 is 3.26. The highest BCUT2D eigenvalue weighted by Gasteiger charge is 2.24. The number of Topliss-reactive ketones (excluding diaryl/α,β-unsaturated/α-hetero) is 2. The van der Waals surface area contributed by atoms with Crippen molar-refractivity contribution in [2.24, 2.45) is 0 Å². The number of carbonyl (C=O) groups is 2. The monoisotopic (exact) mass is 250 g/mol. The van der Waals surface area contributed by atoms with Crippen molar-refractivity contribution < 1.29 is 9.59 Å². The lowest BCUT2D eigenvalue weighted by atomic mass is 9.95. The molecular weight excluding hydrogens is 240 g/mol. The number of hydrogen-bond donors (Lipinski definition) is 0. The second-order valence-electron chi connectivity index (χ2n) is 4.00. The first-order valence-corrected chi connectivity index (χ1v) is 7.44. The minimum absolute atomic E-state index is 0.206. The normalized spacial score (nSPS) is 19.2. The highest BCUT2D eigenvalue weighted by Crippen LogP contribution is 2.32. The van der Waals surface area contributed by atoms with Gasteiger partial charge in [0.05, 0.1) is 11.5 Å². The number of thioether (sulfide) groups is 2. The quantitative estimate of drug-likeness (QED) is 0.708. The first kappa shape index (κ1) is 10.4. The smallest absolute Gasteiger partial charge is 0.173 e. The van der Waals surface area contributed by atoms with E-state index in [0.29, 0.717) is 11.5 Å². The van der Waals surface area contributed by atoms with Crippen LogP contribution in [0.2, 0.25) is 0 Å². The van der Waals surface area contributed by atoms with E-state index in [4.69, 9.17) is 0 Å². The molecule has 2 aliphatic heterocycles. The Morgan fingerprint density at radius 2 is 1.19 bits per heavy atom. The van der Waals surface area contributed by atoms with E-state index >= 15 is 0 Å². The zero-order valence-electron chi connectivity index (χ0n) is 8.62. The van der Waals surface area contributed by atoms with E-state index in [1.807, 2.05) is 12.1 Å². The molecule has 82 valence electrons. The molecule has 0 amide bonds. The first-order valence-electron chi connectivity index (χ1n) is 5.13. The Morgan fingerprint density at radius 1 is 0.750 bits per heavy atom. The maximum absolute atomic E-state index is 11.7. The van der Waals surface area contributed by atoms with Crippen molar-refractivity contribution in [1.29, 1.82) is 0 Å². The summed E-state index contributed by atoms with van der Waals surface area (Å²) in [5, 5.41) is 0. The van der Waals surface area contributed by atoms with Gasteiger partial charge in [0.1, 0.15) is 0 Å².